The van der Waals surface area contributed by atoms with Gasteiger partial charge >= 0.3 is 0 Å². The van der Waals surface area contributed by atoms with Gasteiger partial charge in [-0.3, -0.25) is 4.79 Å². The van der Waals surface area contributed by atoms with Gasteiger partial charge in [0.1, 0.15) is 5.69 Å². The number of para-hydroxylation sites is 1. The van der Waals surface area contributed by atoms with E-state index in [1.807, 2.05) is 36.4 Å². The van der Waals surface area contributed by atoms with E-state index in [4.69, 9.17) is 9.47 Å². The van der Waals surface area contributed by atoms with E-state index in [1.165, 1.54) is 0 Å². The molecule has 0 aliphatic carbocycles. The van der Waals surface area contributed by atoms with Crippen LogP contribution in [0.1, 0.15) is 23.0 Å². The number of fused-ring (bicyclic) bond motifs is 1. The minimum atomic E-state index is -0.365. The van der Waals surface area contributed by atoms with Crippen LogP contribution in [0.3, 0.4) is 0 Å². The number of aromatic nitrogens is 1. The summed E-state index contributed by atoms with van der Waals surface area (Å²) in [6, 6.07) is 16.6. The highest BCUT2D eigenvalue weighted by Crippen LogP contribution is 2.27. The largest absolute Gasteiger partial charge is 0.493 e. The van der Waals surface area contributed by atoms with Gasteiger partial charge < -0.3 is 9.47 Å². The van der Waals surface area contributed by atoms with Crippen LogP contribution in [0.5, 0.6) is 11.5 Å². The molecule has 6 heteroatoms. The maximum absolute atomic E-state index is 12.3. The topological polar surface area (TPSA) is 72.8 Å². The summed E-state index contributed by atoms with van der Waals surface area (Å²) in [7, 11) is 3.15. The number of methoxy groups -OCH3 is 2. The van der Waals surface area contributed by atoms with Crippen molar-refractivity contribution in [1.29, 1.82) is 0 Å². The fourth-order valence-corrected chi connectivity index (χ4v) is 2.51. The fraction of sp³-hybridized carbons (Fsp3) is 0.150. The maximum Gasteiger partial charge on any atom is 0.289 e. The van der Waals surface area contributed by atoms with Gasteiger partial charge in [0.05, 0.1) is 25.4 Å². The van der Waals surface area contributed by atoms with Crippen LogP contribution in [-0.2, 0) is 0 Å². The predicted octanol–water partition coefficient (Wildman–Crippen LogP) is 3.41. The first-order chi connectivity index (χ1) is 12.6. The number of nitrogens with zero attached hydrogens (tertiary/aromatic N) is 2. The summed E-state index contributed by atoms with van der Waals surface area (Å²) in [5, 5.41) is 5.14. The van der Waals surface area contributed by atoms with E-state index >= 15 is 0 Å². The highest BCUT2D eigenvalue weighted by atomic mass is 16.5. The number of pyridine rings is 1. The molecular formula is C20H19N3O3. The number of hydrogen-bond acceptors (Lipinski definition) is 5. The zero-order valence-electron chi connectivity index (χ0n) is 14.8. The second kappa shape index (κ2) is 7.65. The zero-order chi connectivity index (χ0) is 18.5. The van der Waals surface area contributed by atoms with Gasteiger partial charge in [0.25, 0.3) is 5.91 Å². The average Bonchev–Trinajstić information content (AvgIpc) is 2.70. The van der Waals surface area contributed by atoms with Crippen LogP contribution in [0.15, 0.2) is 59.7 Å². The molecule has 1 N–H and O–H groups in total. The number of hydrazone groups is 1. The van der Waals surface area contributed by atoms with Gasteiger partial charge in [0.15, 0.2) is 11.5 Å². The Bertz CT molecular complexity index is 983. The lowest BCUT2D eigenvalue weighted by molar-refractivity contribution is 0.0950. The van der Waals surface area contributed by atoms with Crippen molar-refractivity contribution in [3.8, 4) is 11.5 Å². The summed E-state index contributed by atoms with van der Waals surface area (Å²) in [4.78, 5) is 16.7. The van der Waals surface area contributed by atoms with Crippen LogP contribution in [0.2, 0.25) is 0 Å². The molecule has 0 fully saturated rings. The molecular weight excluding hydrogens is 330 g/mol. The normalized spacial score (nSPS) is 11.3. The SMILES string of the molecule is COc1ccc(/C(C)=N/NC(=O)c2ccc3ccccc3n2)cc1OC. The predicted molar refractivity (Wildman–Crippen MR) is 101 cm³/mol. The van der Waals surface area contributed by atoms with Gasteiger partial charge in [-0.1, -0.05) is 24.3 Å². The van der Waals surface area contributed by atoms with Gasteiger partial charge in [-0.15, -0.1) is 0 Å². The van der Waals surface area contributed by atoms with Crippen LogP contribution in [0, 0.1) is 0 Å². The Balaban J connectivity index is 1.78. The van der Waals surface area contributed by atoms with E-state index in [1.54, 1.807) is 39.3 Å². The quantitative estimate of drug-likeness (QED) is 0.566. The number of rotatable bonds is 5. The van der Waals surface area contributed by atoms with Gasteiger partial charge in [0, 0.05) is 10.9 Å². The lowest BCUT2D eigenvalue weighted by Crippen LogP contribution is -2.20. The van der Waals surface area contributed by atoms with Crippen molar-refractivity contribution in [2.45, 2.75) is 6.92 Å². The average molecular weight is 349 g/mol. The molecule has 0 bridgehead atoms. The summed E-state index contributed by atoms with van der Waals surface area (Å²) in [6.07, 6.45) is 0. The highest BCUT2D eigenvalue weighted by molar-refractivity contribution is 6.01. The number of benzene rings is 2. The third kappa shape index (κ3) is 3.64. The van der Waals surface area contributed by atoms with Crippen LogP contribution < -0.4 is 14.9 Å². The molecule has 1 amide bonds. The van der Waals surface area contributed by atoms with Crippen molar-refractivity contribution in [2.75, 3.05) is 14.2 Å². The monoisotopic (exact) mass is 349 g/mol. The van der Waals surface area contributed by atoms with Gasteiger partial charge in [-0.2, -0.15) is 5.10 Å². The van der Waals surface area contributed by atoms with E-state index in [0.717, 1.165) is 16.5 Å². The Morgan fingerprint density at radius 3 is 2.54 bits per heavy atom. The molecule has 0 saturated heterocycles. The van der Waals surface area contributed by atoms with Crippen molar-refractivity contribution in [2.24, 2.45) is 5.10 Å². The van der Waals surface area contributed by atoms with Crippen LogP contribution in [-0.4, -0.2) is 30.8 Å². The Hall–Kier alpha value is -3.41. The molecule has 0 unspecified atom stereocenters. The molecule has 3 rings (SSSR count). The van der Waals surface area contributed by atoms with Crippen LogP contribution in [0.4, 0.5) is 0 Å². The smallest absolute Gasteiger partial charge is 0.289 e. The number of hydrogen-bond donors (Lipinski definition) is 1. The van der Waals surface area contributed by atoms with Crippen molar-refractivity contribution >= 4 is 22.5 Å². The first-order valence-electron chi connectivity index (χ1n) is 8.05. The Morgan fingerprint density at radius 1 is 1.00 bits per heavy atom. The number of carbonyl (C=O) groups is 1. The Morgan fingerprint density at radius 2 is 1.77 bits per heavy atom. The first kappa shape index (κ1) is 17.4. The molecule has 0 saturated carbocycles. The summed E-state index contributed by atoms with van der Waals surface area (Å²) >= 11 is 0. The third-order valence-electron chi connectivity index (χ3n) is 3.96. The van der Waals surface area contributed by atoms with Gasteiger partial charge in [-0.25, -0.2) is 10.4 Å². The first-order valence-corrected chi connectivity index (χ1v) is 8.05. The molecule has 0 atom stereocenters. The number of amides is 1. The third-order valence-corrected chi connectivity index (χ3v) is 3.96. The van der Waals surface area contributed by atoms with E-state index in [-0.39, 0.29) is 5.91 Å². The molecule has 2 aromatic carbocycles. The van der Waals surface area contributed by atoms with Crippen molar-refractivity contribution in [3.63, 3.8) is 0 Å². The van der Waals surface area contributed by atoms with Crippen molar-refractivity contribution < 1.29 is 14.3 Å². The molecule has 1 aromatic heterocycles. The van der Waals surface area contributed by atoms with Crippen molar-refractivity contribution in [3.05, 3.63) is 65.9 Å². The summed E-state index contributed by atoms with van der Waals surface area (Å²) < 4.78 is 10.5. The minimum absolute atomic E-state index is 0.313. The van der Waals surface area contributed by atoms with E-state index in [9.17, 15) is 4.79 Å². The molecule has 0 aliphatic rings. The number of ether oxygens (including phenoxy) is 2. The van der Waals surface area contributed by atoms with Gasteiger partial charge in [0.2, 0.25) is 0 Å². The lowest BCUT2D eigenvalue weighted by Gasteiger charge is -2.09. The van der Waals surface area contributed by atoms with E-state index in [0.29, 0.717) is 22.9 Å². The molecule has 6 nitrogen and oxygen atoms in total. The molecule has 132 valence electrons. The second-order valence-corrected chi connectivity index (χ2v) is 5.60. The fourth-order valence-electron chi connectivity index (χ4n) is 2.51. The number of nitrogens with one attached hydrogen (secondary N) is 1. The van der Waals surface area contributed by atoms with E-state index < -0.39 is 0 Å². The Labute approximate surface area is 151 Å². The lowest BCUT2D eigenvalue weighted by atomic mass is 10.1. The standard InChI is InChI=1S/C20H19N3O3/c1-13(15-9-11-18(25-2)19(12-15)26-3)22-23-20(24)17-10-8-14-6-4-5-7-16(14)21-17/h4-12H,1-3H3,(H,23,24)/b22-13+. The summed E-state index contributed by atoms with van der Waals surface area (Å²) in [6.45, 7) is 1.80. The minimum Gasteiger partial charge on any atom is -0.493 e. The molecule has 26 heavy (non-hydrogen) atoms. The number of carbonyl (C=O) groups excluding carboxylic acids is 1. The second-order valence-electron chi connectivity index (χ2n) is 5.60. The summed E-state index contributed by atoms with van der Waals surface area (Å²) in [5.41, 5.74) is 5.07. The summed E-state index contributed by atoms with van der Waals surface area (Å²) in [5.74, 6) is 0.867. The van der Waals surface area contributed by atoms with Gasteiger partial charge in [-0.05, 0) is 37.3 Å². The van der Waals surface area contributed by atoms with Crippen LogP contribution in [0.25, 0.3) is 10.9 Å². The molecule has 0 aliphatic heterocycles. The molecule has 1 heterocycles. The zero-order valence-corrected chi connectivity index (χ0v) is 14.8. The van der Waals surface area contributed by atoms with Crippen molar-refractivity contribution in [1.82, 2.24) is 10.4 Å². The highest BCUT2D eigenvalue weighted by Gasteiger charge is 2.09. The van der Waals surface area contributed by atoms with E-state index in [2.05, 4.69) is 15.5 Å². The maximum atomic E-state index is 12.3. The molecule has 0 spiro atoms. The molecule has 3 aromatic rings. The van der Waals surface area contributed by atoms with Crippen LogP contribution >= 0.6 is 0 Å². The molecule has 0 radical (unpaired) electrons. The Kier molecular flexibility index (Phi) is 5.12.